The number of hydrogen-bond donors (Lipinski definition) is 2. The second-order valence-corrected chi connectivity index (χ2v) is 3.23. The summed E-state index contributed by atoms with van der Waals surface area (Å²) in [6, 6.07) is 6.42. The number of hydrogen-bond acceptors (Lipinski definition) is 2. The molecule has 2 aliphatic rings. The Balaban J connectivity index is 2.31. The first-order valence-corrected chi connectivity index (χ1v) is 4.06. The zero-order chi connectivity index (χ0) is 7.26. The third-order valence-electron chi connectivity index (χ3n) is 2.59. The molecule has 2 N–H and O–H groups in total. The number of benzene rings is 1. The molecule has 2 heterocycles. The van der Waals surface area contributed by atoms with Crippen LogP contribution in [0.4, 0.5) is 11.4 Å². The van der Waals surface area contributed by atoms with Gasteiger partial charge < -0.3 is 10.6 Å². The Labute approximate surface area is 65.6 Å². The van der Waals surface area contributed by atoms with E-state index in [4.69, 9.17) is 0 Å². The minimum absolute atomic E-state index is 0.723. The molecule has 0 aliphatic carbocycles. The Morgan fingerprint density at radius 3 is 2.36 bits per heavy atom. The quantitative estimate of drug-likeness (QED) is 0.581. The summed E-state index contributed by atoms with van der Waals surface area (Å²) < 4.78 is 0. The molecule has 0 amide bonds. The van der Waals surface area contributed by atoms with E-state index in [0.29, 0.717) is 0 Å². The van der Waals surface area contributed by atoms with Crippen molar-refractivity contribution in [3.63, 3.8) is 0 Å². The van der Waals surface area contributed by atoms with Gasteiger partial charge in [-0.05, 0) is 12.1 Å². The number of rotatable bonds is 0. The Morgan fingerprint density at radius 2 is 1.73 bits per heavy atom. The van der Waals surface area contributed by atoms with Gasteiger partial charge in [0.15, 0.2) is 0 Å². The lowest BCUT2D eigenvalue weighted by atomic mass is 10.0. The van der Waals surface area contributed by atoms with Gasteiger partial charge in [-0.2, -0.15) is 0 Å². The molecule has 0 aromatic heterocycles. The zero-order valence-electron chi connectivity index (χ0n) is 6.22. The maximum Gasteiger partial charge on any atom is 0.0397 e. The predicted octanol–water partition coefficient (Wildman–Crippen LogP) is 1.62. The van der Waals surface area contributed by atoms with Crippen molar-refractivity contribution in [2.45, 2.75) is 5.92 Å². The molecule has 3 rings (SSSR count). The van der Waals surface area contributed by atoms with Crippen LogP contribution in [0.15, 0.2) is 18.2 Å². The fraction of sp³-hybridized carbons (Fsp3) is 0.333. The summed E-state index contributed by atoms with van der Waals surface area (Å²) in [5.74, 6) is 0.723. The SMILES string of the molecule is c1cc2c3c(c1)NCC3CN2. The van der Waals surface area contributed by atoms with Crippen molar-refractivity contribution in [1.82, 2.24) is 0 Å². The second-order valence-electron chi connectivity index (χ2n) is 3.23. The monoisotopic (exact) mass is 146 g/mol. The van der Waals surface area contributed by atoms with E-state index in [1.54, 1.807) is 0 Å². The van der Waals surface area contributed by atoms with Gasteiger partial charge in [-0.1, -0.05) is 6.07 Å². The average molecular weight is 146 g/mol. The van der Waals surface area contributed by atoms with Crippen molar-refractivity contribution >= 4 is 11.4 Å². The van der Waals surface area contributed by atoms with E-state index in [9.17, 15) is 0 Å². The maximum atomic E-state index is 3.40. The molecular weight excluding hydrogens is 136 g/mol. The lowest BCUT2D eigenvalue weighted by molar-refractivity contribution is 0.836. The molecule has 0 saturated heterocycles. The number of anilines is 2. The summed E-state index contributed by atoms with van der Waals surface area (Å²) in [7, 11) is 0. The molecule has 56 valence electrons. The van der Waals surface area contributed by atoms with E-state index in [-0.39, 0.29) is 0 Å². The minimum atomic E-state index is 0.723. The lowest BCUT2D eigenvalue weighted by Crippen LogP contribution is -2.07. The van der Waals surface area contributed by atoms with Crippen LogP contribution in [0.25, 0.3) is 0 Å². The van der Waals surface area contributed by atoms with E-state index in [1.165, 1.54) is 16.9 Å². The van der Waals surface area contributed by atoms with Crippen LogP contribution in [0.3, 0.4) is 0 Å². The van der Waals surface area contributed by atoms with Crippen LogP contribution < -0.4 is 10.6 Å². The highest BCUT2D eigenvalue weighted by atomic mass is 15.0. The maximum absolute atomic E-state index is 3.40. The van der Waals surface area contributed by atoms with E-state index < -0.39 is 0 Å². The van der Waals surface area contributed by atoms with Gasteiger partial charge in [-0.3, -0.25) is 0 Å². The third kappa shape index (κ3) is 0.570. The van der Waals surface area contributed by atoms with E-state index >= 15 is 0 Å². The molecule has 1 aromatic rings. The molecule has 0 atom stereocenters. The Morgan fingerprint density at radius 1 is 1.09 bits per heavy atom. The van der Waals surface area contributed by atoms with Gasteiger partial charge in [-0.25, -0.2) is 0 Å². The van der Waals surface area contributed by atoms with Gasteiger partial charge in [0.05, 0.1) is 0 Å². The summed E-state index contributed by atoms with van der Waals surface area (Å²) in [6.45, 7) is 2.22. The molecule has 0 spiro atoms. The standard InChI is InChI=1S/C9H10N2/c1-2-7-9-6(4-10-7)5-11-8(9)3-1/h1-3,6,10-11H,4-5H2. The van der Waals surface area contributed by atoms with Gasteiger partial charge in [-0.15, -0.1) is 0 Å². The third-order valence-corrected chi connectivity index (χ3v) is 2.59. The predicted molar refractivity (Wildman–Crippen MR) is 46.2 cm³/mol. The smallest absolute Gasteiger partial charge is 0.0397 e. The molecule has 0 unspecified atom stereocenters. The van der Waals surface area contributed by atoms with Gasteiger partial charge in [0.2, 0.25) is 0 Å². The molecule has 0 fully saturated rings. The van der Waals surface area contributed by atoms with Crippen molar-refractivity contribution in [3.05, 3.63) is 23.8 Å². The Hall–Kier alpha value is -1.18. The first-order chi connectivity index (χ1) is 5.45. The van der Waals surface area contributed by atoms with Crippen LogP contribution in [-0.2, 0) is 0 Å². The topological polar surface area (TPSA) is 24.1 Å². The summed E-state index contributed by atoms with van der Waals surface area (Å²) >= 11 is 0. The summed E-state index contributed by atoms with van der Waals surface area (Å²) in [4.78, 5) is 0. The fourth-order valence-corrected chi connectivity index (χ4v) is 2.06. The summed E-state index contributed by atoms with van der Waals surface area (Å²) in [6.07, 6.45) is 0. The Bertz CT molecular complexity index is 280. The van der Waals surface area contributed by atoms with Gasteiger partial charge >= 0.3 is 0 Å². The van der Waals surface area contributed by atoms with Crippen LogP contribution >= 0.6 is 0 Å². The highest BCUT2D eigenvalue weighted by Crippen LogP contribution is 2.41. The van der Waals surface area contributed by atoms with Crippen molar-refractivity contribution in [2.75, 3.05) is 23.7 Å². The van der Waals surface area contributed by atoms with Crippen molar-refractivity contribution in [2.24, 2.45) is 0 Å². The van der Waals surface area contributed by atoms with E-state index in [0.717, 1.165) is 19.0 Å². The average Bonchev–Trinajstić information content (AvgIpc) is 2.60. The van der Waals surface area contributed by atoms with Crippen molar-refractivity contribution in [3.8, 4) is 0 Å². The fourth-order valence-electron chi connectivity index (χ4n) is 2.06. The van der Waals surface area contributed by atoms with Gasteiger partial charge in [0, 0.05) is 35.9 Å². The van der Waals surface area contributed by atoms with Crippen LogP contribution in [0, 0.1) is 0 Å². The van der Waals surface area contributed by atoms with Gasteiger partial charge in [0.1, 0.15) is 0 Å². The second kappa shape index (κ2) is 1.70. The molecular formula is C9H10N2. The molecule has 2 heteroatoms. The highest BCUT2D eigenvalue weighted by molar-refractivity contribution is 5.73. The van der Waals surface area contributed by atoms with E-state index in [1.807, 2.05) is 0 Å². The molecule has 2 aliphatic heterocycles. The van der Waals surface area contributed by atoms with Crippen LogP contribution in [0.5, 0.6) is 0 Å². The summed E-state index contributed by atoms with van der Waals surface area (Å²) in [5.41, 5.74) is 4.17. The van der Waals surface area contributed by atoms with Gasteiger partial charge in [0.25, 0.3) is 0 Å². The first-order valence-electron chi connectivity index (χ1n) is 4.06. The molecule has 0 bridgehead atoms. The van der Waals surface area contributed by atoms with Crippen molar-refractivity contribution < 1.29 is 0 Å². The van der Waals surface area contributed by atoms with Crippen LogP contribution in [0.1, 0.15) is 11.5 Å². The molecule has 0 saturated carbocycles. The Kier molecular flexibility index (Phi) is 0.844. The molecule has 0 radical (unpaired) electrons. The summed E-state index contributed by atoms with van der Waals surface area (Å²) in [5, 5.41) is 6.80. The first kappa shape index (κ1) is 5.47. The highest BCUT2D eigenvalue weighted by Gasteiger charge is 2.29. The van der Waals surface area contributed by atoms with Crippen LogP contribution in [0.2, 0.25) is 0 Å². The zero-order valence-corrected chi connectivity index (χ0v) is 6.22. The van der Waals surface area contributed by atoms with Crippen molar-refractivity contribution in [1.29, 1.82) is 0 Å². The largest absolute Gasteiger partial charge is 0.384 e. The van der Waals surface area contributed by atoms with E-state index in [2.05, 4.69) is 28.8 Å². The minimum Gasteiger partial charge on any atom is -0.384 e. The molecule has 2 nitrogen and oxygen atoms in total. The lowest BCUT2D eigenvalue weighted by Gasteiger charge is -2.02. The number of nitrogens with one attached hydrogen (secondary N) is 2. The normalized spacial score (nSPS) is 19.3. The van der Waals surface area contributed by atoms with Crippen LogP contribution in [-0.4, -0.2) is 13.1 Å². The molecule has 1 aromatic carbocycles. The molecule has 11 heavy (non-hydrogen) atoms.